The Balaban J connectivity index is 1.50. The molecular weight excluding hydrogens is 775 g/mol. The highest BCUT2D eigenvalue weighted by molar-refractivity contribution is 14.1. The van der Waals surface area contributed by atoms with E-state index >= 15 is 0 Å². The van der Waals surface area contributed by atoms with Gasteiger partial charge in [0.25, 0.3) is 0 Å². The second-order valence-corrected chi connectivity index (χ2v) is 14.7. The van der Waals surface area contributed by atoms with E-state index in [2.05, 4.69) is 72.5 Å². The zero-order valence-electron chi connectivity index (χ0n) is 17.5. The Morgan fingerprint density at radius 3 is 2.41 bits per heavy atom. The van der Waals surface area contributed by atoms with Crippen LogP contribution < -0.4 is 4.72 Å². The lowest BCUT2D eigenvalue weighted by Gasteiger charge is -2.59. The van der Waals surface area contributed by atoms with Crippen LogP contribution in [-0.2, 0) is 24.3 Å². The molecule has 4 fully saturated rings. The molecule has 1 aromatic carbocycles. The summed E-state index contributed by atoms with van der Waals surface area (Å²) in [5.74, 6) is 0.0519. The molecule has 0 spiro atoms. The van der Waals surface area contributed by atoms with Gasteiger partial charge in [-0.25, -0.2) is 17.9 Å². The first-order valence-corrected chi connectivity index (χ1v) is 15.5. The van der Waals surface area contributed by atoms with Crippen molar-refractivity contribution < 1.29 is 27.5 Å². The molecule has 7 nitrogen and oxygen atoms in total. The molecule has 4 bridgehead atoms. The van der Waals surface area contributed by atoms with Crippen molar-refractivity contribution in [1.82, 2.24) is 4.72 Å². The van der Waals surface area contributed by atoms with Crippen molar-refractivity contribution in [2.45, 2.75) is 44.1 Å². The predicted molar refractivity (Wildman–Crippen MR) is 144 cm³/mol. The highest BCUT2D eigenvalue weighted by Crippen LogP contribution is 2.63. The maximum absolute atomic E-state index is 13.2. The van der Waals surface area contributed by atoms with E-state index in [4.69, 9.17) is 9.47 Å². The van der Waals surface area contributed by atoms with Gasteiger partial charge < -0.3 is 9.47 Å². The maximum Gasteiger partial charge on any atom is 0.339 e. The largest absolute Gasteiger partial charge is 0.464 e. The topological polar surface area (TPSA) is 98.8 Å². The van der Waals surface area contributed by atoms with Crippen molar-refractivity contribution in [2.75, 3.05) is 19.4 Å². The van der Waals surface area contributed by atoms with Gasteiger partial charge in [0.2, 0.25) is 10.0 Å². The molecule has 4 aliphatic rings. The minimum atomic E-state index is -3.33. The summed E-state index contributed by atoms with van der Waals surface area (Å²) >= 11 is 6.61. The van der Waals surface area contributed by atoms with Crippen molar-refractivity contribution in [2.24, 2.45) is 17.3 Å². The average Bonchev–Trinajstić information content (AvgIpc) is 2.65. The first-order chi connectivity index (χ1) is 14.9. The second-order valence-electron chi connectivity index (χ2n) is 9.37. The first kappa shape index (κ1) is 25.4. The third kappa shape index (κ3) is 5.40. The Bertz CT molecular complexity index is 1050. The van der Waals surface area contributed by atoms with E-state index in [1.807, 2.05) is 12.1 Å². The van der Waals surface area contributed by atoms with Gasteiger partial charge in [0, 0.05) is 23.7 Å². The van der Waals surface area contributed by atoms with Crippen molar-refractivity contribution >= 4 is 89.7 Å². The average molecular weight is 799 g/mol. The van der Waals surface area contributed by atoms with Crippen LogP contribution in [0.1, 0.15) is 48.9 Å². The Morgan fingerprint density at radius 1 is 1.12 bits per heavy atom. The first-order valence-electron chi connectivity index (χ1n) is 10.4. The molecular formula is C21H24I3NO6S. The Labute approximate surface area is 229 Å². The van der Waals surface area contributed by atoms with E-state index in [9.17, 15) is 18.0 Å². The Hall–Kier alpha value is 0.260. The second kappa shape index (κ2) is 9.37. The van der Waals surface area contributed by atoms with Gasteiger partial charge in [-0.05, 0) is 124 Å². The van der Waals surface area contributed by atoms with E-state index in [0.717, 1.165) is 49.1 Å². The molecule has 2 unspecified atom stereocenters. The number of sulfonamides is 1. The number of carbonyl (C=O) groups is 2. The van der Waals surface area contributed by atoms with Crippen molar-refractivity contribution in [3.8, 4) is 0 Å². The molecule has 11 heteroatoms. The normalized spacial score (nSPS) is 30.9. The van der Waals surface area contributed by atoms with Gasteiger partial charge in [0.05, 0.1) is 17.2 Å². The number of ether oxygens (including phenoxy) is 2. The molecule has 5 rings (SSSR count). The van der Waals surface area contributed by atoms with Crippen LogP contribution in [0.2, 0.25) is 0 Å². The summed E-state index contributed by atoms with van der Waals surface area (Å²) in [4.78, 5) is 26.3. The van der Waals surface area contributed by atoms with Gasteiger partial charge in [-0.2, -0.15) is 0 Å². The van der Waals surface area contributed by atoms with Gasteiger partial charge in [-0.1, -0.05) is 0 Å². The number of carbonyl (C=O) groups excluding carboxylic acids is 2. The monoisotopic (exact) mass is 799 g/mol. The fourth-order valence-electron chi connectivity index (χ4n) is 6.02. The van der Waals surface area contributed by atoms with Crippen LogP contribution in [0.4, 0.5) is 0 Å². The molecule has 176 valence electrons. The van der Waals surface area contributed by atoms with Crippen LogP contribution in [0.3, 0.4) is 0 Å². The third-order valence-corrected chi connectivity index (χ3v) is 11.1. The lowest BCUT2D eigenvalue weighted by Crippen LogP contribution is -2.60. The van der Waals surface area contributed by atoms with E-state index in [-0.39, 0.29) is 25.1 Å². The van der Waals surface area contributed by atoms with E-state index in [1.165, 1.54) is 0 Å². The molecule has 0 saturated heterocycles. The zero-order chi connectivity index (χ0) is 23.3. The lowest BCUT2D eigenvalue weighted by molar-refractivity contribution is -0.196. The summed E-state index contributed by atoms with van der Waals surface area (Å²) in [7, 11) is -3.33. The molecule has 2 atom stereocenters. The fourth-order valence-corrected chi connectivity index (χ4v) is 8.85. The van der Waals surface area contributed by atoms with E-state index < -0.39 is 21.0 Å². The maximum atomic E-state index is 13.2. The summed E-state index contributed by atoms with van der Waals surface area (Å²) in [5.41, 5.74) is -0.718. The minimum absolute atomic E-state index is 0.00510. The van der Waals surface area contributed by atoms with Crippen LogP contribution in [0, 0.1) is 28.0 Å². The number of esters is 2. The predicted octanol–water partition coefficient (Wildman–Crippen LogP) is 4.09. The molecule has 1 N–H and O–H groups in total. The Morgan fingerprint density at radius 2 is 1.78 bits per heavy atom. The SMILES string of the molecule is CS(=O)(=O)NCCOC(=O)C12CC3CC(CC(OC(=O)c4cc(I)cc(I)c4I)(C3)C1)C2. The lowest BCUT2D eigenvalue weighted by atomic mass is 9.48. The van der Waals surface area contributed by atoms with Crippen LogP contribution in [0.25, 0.3) is 0 Å². The molecule has 1 aromatic rings. The molecule has 0 amide bonds. The van der Waals surface area contributed by atoms with Crippen molar-refractivity contribution in [1.29, 1.82) is 0 Å². The minimum Gasteiger partial charge on any atom is -0.464 e. The summed E-state index contributed by atoms with van der Waals surface area (Å²) in [6.45, 7) is 0.0478. The zero-order valence-corrected chi connectivity index (χ0v) is 24.7. The number of hydrogen-bond acceptors (Lipinski definition) is 6. The highest BCUT2D eigenvalue weighted by Gasteiger charge is 2.63. The molecule has 4 aliphatic carbocycles. The summed E-state index contributed by atoms with van der Waals surface area (Å²) in [6.07, 6.45) is 5.69. The molecule has 0 aliphatic heterocycles. The highest BCUT2D eigenvalue weighted by atomic mass is 127. The molecule has 4 saturated carbocycles. The number of hydrogen-bond donors (Lipinski definition) is 1. The van der Waals surface area contributed by atoms with Gasteiger partial charge >= 0.3 is 11.9 Å². The number of halogens is 3. The number of benzene rings is 1. The Kier molecular flexibility index (Phi) is 7.43. The van der Waals surface area contributed by atoms with Crippen LogP contribution in [0.15, 0.2) is 12.1 Å². The van der Waals surface area contributed by atoms with E-state index in [1.54, 1.807) is 0 Å². The molecule has 0 radical (unpaired) electrons. The standard InChI is InChI=1S/C21H24I3NO6S/c1-32(28,29)25-2-3-30-19(27)20-7-12-4-13(8-20)10-21(9-12,11-20)31-18(26)15-5-14(22)6-16(23)17(15)24/h5-6,12-13,25H,2-4,7-11H2,1H3. The van der Waals surface area contributed by atoms with Gasteiger partial charge in [-0.3, -0.25) is 4.79 Å². The fraction of sp³-hybridized carbons (Fsp3) is 0.619. The number of rotatable bonds is 7. The smallest absolute Gasteiger partial charge is 0.339 e. The molecule has 32 heavy (non-hydrogen) atoms. The molecule has 0 heterocycles. The summed E-state index contributed by atoms with van der Waals surface area (Å²) < 4.78 is 39.4. The van der Waals surface area contributed by atoms with Gasteiger partial charge in [0.1, 0.15) is 12.2 Å². The van der Waals surface area contributed by atoms with Crippen LogP contribution in [-0.4, -0.2) is 45.4 Å². The number of nitrogens with one attached hydrogen (secondary N) is 1. The summed E-state index contributed by atoms with van der Waals surface area (Å²) in [6, 6.07) is 3.88. The third-order valence-electron chi connectivity index (χ3n) is 6.66. The van der Waals surface area contributed by atoms with Crippen molar-refractivity contribution in [3.63, 3.8) is 0 Å². The molecule has 0 aromatic heterocycles. The quantitative estimate of drug-likeness (QED) is 0.193. The van der Waals surface area contributed by atoms with Crippen LogP contribution >= 0.6 is 67.8 Å². The van der Waals surface area contributed by atoms with Gasteiger partial charge in [-0.15, -0.1) is 0 Å². The van der Waals surface area contributed by atoms with E-state index in [0.29, 0.717) is 23.8 Å². The van der Waals surface area contributed by atoms with Crippen LogP contribution in [0.5, 0.6) is 0 Å². The van der Waals surface area contributed by atoms with Crippen molar-refractivity contribution in [3.05, 3.63) is 28.4 Å². The summed E-state index contributed by atoms with van der Waals surface area (Å²) in [5, 5.41) is 0. The van der Waals surface area contributed by atoms with Gasteiger partial charge in [0.15, 0.2) is 0 Å².